The number of halogens is 1. The van der Waals surface area contributed by atoms with E-state index in [1.807, 2.05) is 6.07 Å². The topological polar surface area (TPSA) is 60.5 Å². The summed E-state index contributed by atoms with van der Waals surface area (Å²) in [6.45, 7) is 0.339. The zero-order valence-electron chi connectivity index (χ0n) is 13.6. The first-order chi connectivity index (χ1) is 11.6. The highest BCUT2D eigenvalue weighted by molar-refractivity contribution is 5.82. The molecular weight excluding hydrogens is 311 g/mol. The Bertz CT molecular complexity index is 734. The molecule has 1 amide bonds. The number of aromatic nitrogens is 1. The van der Waals surface area contributed by atoms with Crippen LogP contribution in [-0.2, 0) is 11.3 Å². The van der Waals surface area contributed by atoms with Crippen LogP contribution in [0.4, 0.5) is 4.39 Å². The molecular formula is C18H19FN2O3. The van der Waals surface area contributed by atoms with E-state index in [1.165, 1.54) is 26.4 Å². The van der Waals surface area contributed by atoms with Crippen molar-refractivity contribution in [3.8, 4) is 11.8 Å². The molecule has 5 nitrogen and oxygen atoms in total. The molecule has 0 radical (unpaired) electrons. The van der Waals surface area contributed by atoms with Crippen LogP contribution >= 0.6 is 0 Å². The maximum atomic E-state index is 13.0. The molecule has 6 heteroatoms. The molecule has 0 saturated heterocycles. The summed E-state index contributed by atoms with van der Waals surface area (Å²) in [6.07, 6.45) is 0.787. The van der Waals surface area contributed by atoms with E-state index < -0.39 is 0 Å². The van der Waals surface area contributed by atoms with E-state index in [1.54, 1.807) is 18.2 Å². The lowest BCUT2D eigenvalue weighted by molar-refractivity contribution is -0.122. The largest absolute Gasteiger partial charge is 0.481 e. The number of benzene rings is 1. The maximum Gasteiger partial charge on any atom is 0.224 e. The predicted molar refractivity (Wildman–Crippen MR) is 86.4 cm³/mol. The fourth-order valence-electron chi connectivity index (χ4n) is 2.75. The summed E-state index contributed by atoms with van der Waals surface area (Å²) in [7, 11) is 3.06. The molecule has 0 unspecified atom stereocenters. The van der Waals surface area contributed by atoms with Crippen molar-refractivity contribution >= 4 is 5.91 Å². The Hall–Kier alpha value is -2.63. The lowest BCUT2D eigenvalue weighted by Crippen LogP contribution is -2.25. The lowest BCUT2D eigenvalue weighted by Gasteiger charge is -2.10. The number of nitrogens with one attached hydrogen (secondary N) is 1. The standard InChI is InChI=1S/C18H19FN2O3/c1-23-16-8-5-12(18(21-16)24-2)10-20-17(22)15-9-14(15)11-3-6-13(19)7-4-11/h3-8,14-15H,9-10H2,1-2H3,(H,20,22)/t14-,15+/m0/s1. The summed E-state index contributed by atoms with van der Waals surface area (Å²) in [5, 5.41) is 2.91. The monoisotopic (exact) mass is 330 g/mol. The van der Waals surface area contributed by atoms with Crippen molar-refractivity contribution in [2.45, 2.75) is 18.9 Å². The third kappa shape index (κ3) is 3.48. The Labute approximate surface area is 139 Å². The second-order valence-electron chi connectivity index (χ2n) is 5.74. The lowest BCUT2D eigenvalue weighted by atomic mass is 10.1. The maximum absolute atomic E-state index is 13.0. The summed E-state index contributed by atoms with van der Waals surface area (Å²) >= 11 is 0. The molecule has 2 aromatic rings. The van der Waals surface area contributed by atoms with Crippen molar-refractivity contribution in [3.05, 3.63) is 53.3 Å². The molecule has 126 valence electrons. The summed E-state index contributed by atoms with van der Waals surface area (Å²) in [5.41, 5.74) is 1.78. The van der Waals surface area contributed by atoms with E-state index in [4.69, 9.17) is 9.47 Å². The van der Waals surface area contributed by atoms with Gasteiger partial charge in [-0.15, -0.1) is 0 Å². The van der Waals surface area contributed by atoms with Gasteiger partial charge in [0.15, 0.2) is 0 Å². The van der Waals surface area contributed by atoms with E-state index >= 15 is 0 Å². The Morgan fingerprint density at radius 2 is 1.96 bits per heavy atom. The molecule has 0 spiro atoms. The molecule has 1 N–H and O–H groups in total. The van der Waals surface area contributed by atoms with E-state index in [0.717, 1.165) is 17.5 Å². The Morgan fingerprint density at radius 1 is 1.21 bits per heavy atom. The minimum Gasteiger partial charge on any atom is -0.481 e. The molecule has 24 heavy (non-hydrogen) atoms. The summed E-state index contributed by atoms with van der Waals surface area (Å²) in [4.78, 5) is 16.5. The van der Waals surface area contributed by atoms with Crippen LogP contribution in [0.15, 0.2) is 36.4 Å². The van der Waals surface area contributed by atoms with E-state index in [2.05, 4.69) is 10.3 Å². The molecule has 3 rings (SSSR count). The van der Waals surface area contributed by atoms with Crippen LogP contribution in [-0.4, -0.2) is 25.1 Å². The Balaban J connectivity index is 1.58. The fourth-order valence-corrected chi connectivity index (χ4v) is 2.75. The second-order valence-corrected chi connectivity index (χ2v) is 5.74. The van der Waals surface area contributed by atoms with Crippen LogP contribution in [0.25, 0.3) is 0 Å². The summed E-state index contributed by atoms with van der Waals surface area (Å²) in [5.74, 6) is 0.719. The molecule has 1 aromatic carbocycles. The van der Waals surface area contributed by atoms with Crippen molar-refractivity contribution in [1.82, 2.24) is 10.3 Å². The minimum atomic E-state index is -0.264. The summed E-state index contributed by atoms with van der Waals surface area (Å²) < 4.78 is 23.2. The normalized spacial score (nSPS) is 18.8. The fraction of sp³-hybridized carbons (Fsp3) is 0.333. The second kappa shape index (κ2) is 6.86. The highest BCUT2D eigenvalue weighted by Gasteiger charge is 2.43. The van der Waals surface area contributed by atoms with Crippen LogP contribution in [0.2, 0.25) is 0 Å². The van der Waals surface area contributed by atoms with Crippen molar-refractivity contribution in [1.29, 1.82) is 0 Å². The zero-order chi connectivity index (χ0) is 17.1. The average Bonchev–Trinajstić information content (AvgIpc) is 3.41. The molecule has 1 fully saturated rings. The first kappa shape index (κ1) is 16.2. The van der Waals surface area contributed by atoms with E-state index in [0.29, 0.717) is 18.3 Å². The molecule has 2 atom stereocenters. The number of methoxy groups -OCH3 is 2. The number of rotatable bonds is 6. The molecule has 1 aromatic heterocycles. The number of hydrogen-bond acceptors (Lipinski definition) is 4. The van der Waals surface area contributed by atoms with Gasteiger partial charge in [0.05, 0.1) is 14.2 Å². The molecule has 1 saturated carbocycles. The van der Waals surface area contributed by atoms with Gasteiger partial charge in [-0.1, -0.05) is 12.1 Å². The third-order valence-electron chi connectivity index (χ3n) is 4.19. The molecule has 1 aliphatic rings. The highest BCUT2D eigenvalue weighted by Crippen LogP contribution is 2.47. The number of ether oxygens (including phenoxy) is 2. The smallest absolute Gasteiger partial charge is 0.224 e. The quantitative estimate of drug-likeness (QED) is 0.884. The Kier molecular flexibility index (Phi) is 4.64. The van der Waals surface area contributed by atoms with Gasteiger partial charge in [-0.2, -0.15) is 4.98 Å². The summed E-state index contributed by atoms with van der Waals surface area (Å²) in [6, 6.07) is 9.87. The average molecular weight is 330 g/mol. The van der Waals surface area contributed by atoms with Crippen molar-refractivity contribution < 1.29 is 18.7 Å². The van der Waals surface area contributed by atoms with Gasteiger partial charge in [-0.3, -0.25) is 4.79 Å². The number of hydrogen-bond donors (Lipinski definition) is 1. The van der Waals surface area contributed by atoms with Gasteiger partial charge in [-0.25, -0.2) is 4.39 Å². The molecule has 0 bridgehead atoms. The zero-order valence-corrected chi connectivity index (χ0v) is 13.6. The number of carbonyl (C=O) groups is 1. The van der Waals surface area contributed by atoms with Gasteiger partial charge in [0.1, 0.15) is 5.82 Å². The van der Waals surface area contributed by atoms with Crippen LogP contribution in [0.1, 0.15) is 23.5 Å². The number of pyridine rings is 1. The van der Waals surface area contributed by atoms with Crippen LogP contribution in [0.3, 0.4) is 0 Å². The van der Waals surface area contributed by atoms with Gasteiger partial charge in [0, 0.05) is 24.1 Å². The molecule has 1 heterocycles. The van der Waals surface area contributed by atoms with Crippen molar-refractivity contribution in [2.24, 2.45) is 5.92 Å². The van der Waals surface area contributed by atoms with Gasteiger partial charge in [-0.05, 0) is 36.1 Å². The number of carbonyl (C=O) groups excluding carboxylic acids is 1. The van der Waals surface area contributed by atoms with Gasteiger partial charge >= 0.3 is 0 Å². The van der Waals surface area contributed by atoms with Crippen LogP contribution < -0.4 is 14.8 Å². The predicted octanol–water partition coefficient (Wildman–Crippen LogP) is 2.66. The van der Waals surface area contributed by atoms with Crippen molar-refractivity contribution in [2.75, 3.05) is 14.2 Å². The molecule has 1 aliphatic carbocycles. The molecule has 0 aliphatic heterocycles. The Morgan fingerprint density at radius 3 is 2.62 bits per heavy atom. The highest BCUT2D eigenvalue weighted by atomic mass is 19.1. The third-order valence-corrected chi connectivity index (χ3v) is 4.19. The number of amides is 1. The van der Waals surface area contributed by atoms with Gasteiger partial charge < -0.3 is 14.8 Å². The SMILES string of the molecule is COc1ccc(CNC(=O)[C@@H]2C[C@H]2c2ccc(F)cc2)c(OC)n1. The number of nitrogens with zero attached hydrogens (tertiary/aromatic N) is 1. The van der Waals surface area contributed by atoms with E-state index in [9.17, 15) is 9.18 Å². The first-order valence-electron chi connectivity index (χ1n) is 7.73. The van der Waals surface area contributed by atoms with Crippen LogP contribution in [0.5, 0.6) is 11.8 Å². The minimum absolute atomic E-state index is 0.0119. The van der Waals surface area contributed by atoms with Gasteiger partial charge in [0.25, 0.3) is 0 Å². The van der Waals surface area contributed by atoms with Crippen molar-refractivity contribution in [3.63, 3.8) is 0 Å². The van der Waals surface area contributed by atoms with E-state index in [-0.39, 0.29) is 23.6 Å². The first-order valence-corrected chi connectivity index (χ1v) is 7.73. The van der Waals surface area contributed by atoms with Crippen LogP contribution in [0, 0.1) is 11.7 Å². The van der Waals surface area contributed by atoms with Gasteiger partial charge in [0.2, 0.25) is 17.7 Å².